The van der Waals surface area contributed by atoms with Gasteiger partial charge in [0.05, 0.1) is 56.8 Å². The lowest BCUT2D eigenvalue weighted by Gasteiger charge is -2.40. The van der Waals surface area contributed by atoms with E-state index >= 15 is 0 Å². The van der Waals surface area contributed by atoms with Crippen LogP contribution in [0.5, 0.6) is 6.01 Å². The number of anilines is 1. The Bertz CT molecular complexity index is 960. The molecule has 4 rings (SSSR count). The van der Waals surface area contributed by atoms with Gasteiger partial charge in [0.1, 0.15) is 12.4 Å². The van der Waals surface area contributed by atoms with Crippen LogP contribution in [0.15, 0.2) is 0 Å². The van der Waals surface area contributed by atoms with Crippen molar-refractivity contribution in [3.8, 4) is 12.1 Å². The van der Waals surface area contributed by atoms with E-state index in [0.29, 0.717) is 58.6 Å². The third-order valence-electron chi connectivity index (χ3n) is 7.12. The van der Waals surface area contributed by atoms with E-state index < -0.39 is 12.1 Å². The number of likely N-dealkylation sites (tertiary alicyclic amines) is 1. The molecule has 13 heteroatoms. The third kappa shape index (κ3) is 6.97. The average molecular weight is 520 g/mol. The summed E-state index contributed by atoms with van der Waals surface area (Å²) in [5.74, 6) is 0.776. The zero-order valence-electron chi connectivity index (χ0n) is 21.3. The van der Waals surface area contributed by atoms with Gasteiger partial charge in [-0.25, -0.2) is 4.79 Å². The summed E-state index contributed by atoms with van der Waals surface area (Å²) in [5.41, 5.74) is 1.95. The molecule has 0 aliphatic carbocycles. The standard InChI is InChI=1S/C24H37N7O6/c1-29-15-19(36-11-10-35-9-8-32)12-18(29)16-37-23-27-21-13-26-5-3-20(21)22(28-23)30-6-7-31(24(33)34)17(14-30)2-4-25/h17-19,26,32H,2-3,5-16H2,1H3,(H,33,34)/t17?,18-,19+/m0/s1. The van der Waals surface area contributed by atoms with Crippen molar-refractivity contribution in [1.29, 1.82) is 5.26 Å². The van der Waals surface area contributed by atoms with Gasteiger partial charge in [-0.3, -0.25) is 4.90 Å². The molecule has 37 heavy (non-hydrogen) atoms. The van der Waals surface area contributed by atoms with E-state index in [1.807, 2.05) is 7.05 Å². The van der Waals surface area contributed by atoms with Gasteiger partial charge in [0.15, 0.2) is 0 Å². The first-order valence-corrected chi connectivity index (χ1v) is 12.8. The van der Waals surface area contributed by atoms with Crippen molar-refractivity contribution in [2.75, 3.05) is 77.7 Å². The Morgan fingerprint density at radius 3 is 2.86 bits per heavy atom. The van der Waals surface area contributed by atoms with Gasteiger partial charge in [-0.1, -0.05) is 0 Å². The van der Waals surface area contributed by atoms with Gasteiger partial charge in [0.2, 0.25) is 0 Å². The van der Waals surface area contributed by atoms with E-state index in [-0.39, 0.29) is 25.2 Å². The molecule has 2 fully saturated rings. The lowest BCUT2D eigenvalue weighted by atomic mass is 10.0. The van der Waals surface area contributed by atoms with Crippen LogP contribution in [0.3, 0.4) is 0 Å². The van der Waals surface area contributed by atoms with Crippen LogP contribution in [0.4, 0.5) is 10.6 Å². The highest BCUT2D eigenvalue weighted by Gasteiger charge is 2.34. The molecule has 0 aromatic carbocycles. The van der Waals surface area contributed by atoms with Crippen LogP contribution in [0.1, 0.15) is 24.1 Å². The SMILES string of the molecule is CN1C[C@H](OCCOCCO)C[C@H]1COc1nc2c(c(N3CCN(C(=O)O)C(CC#N)C3)n1)CCNC2. The fourth-order valence-corrected chi connectivity index (χ4v) is 5.18. The Balaban J connectivity index is 1.41. The Kier molecular flexibility index (Phi) is 9.70. The number of aliphatic hydroxyl groups is 1. The summed E-state index contributed by atoms with van der Waals surface area (Å²) in [4.78, 5) is 26.7. The van der Waals surface area contributed by atoms with E-state index in [1.54, 1.807) is 0 Å². The zero-order chi connectivity index (χ0) is 26.2. The molecular weight excluding hydrogens is 482 g/mol. The fourth-order valence-electron chi connectivity index (χ4n) is 5.18. The molecule has 1 unspecified atom stereocenters. The number of nitriles is 1. The number of hydrogen-bond donors (Lipinski definition) is 3. The van der Waals surface area contributed by atoms with E-state index in [2.05, 4.69) is 26.2 Å². The van der Waals surface area contributed by atoms with Gasteiger partial charge in [0.25, 0.3) is 0 Å². The smallest absolute Gasteiger partial charge is 0.407 e. The molecule has 0 spiro atoms. The van der Waals surface area contributed by atoms with Crippen LogP contribution in [0.25, 0.3) is 0 Å². The van der Waals surface area contributed by atoms with Crippen molar-refractivity contribution in [2.45, 2.75) is 44.0 Å². The number of amides is 1. The van der Waals surface area contributed by atoms with Crippen molar-refractivity contribution in [3.05, 3.63) is 11.3 Å². The second kappa shape index (κ2) is 13.2. The summed E-state index contributed by atoms with van der Waals surface area (Å²) in [6.07, 6.45) is 0.815. The lowest BCUT2D eigenvalue weighted by molar-refractivity contribution is 0.00184. The Hall–Kier alpha value is -2.76. The first-order chi connectivity index (χ1) is 18.0. The molecule has 3 aliphatic heterocycles. The summed E-state index contributed by atoms with van der Waals surface area (Å²) in [5, 5.41) is 30.9. The number of aliphatic hydroxyl groups excluding tert-OH is 1. The number of nitrogens with zero attached hydrogens (tertiary/aromatic N) is 6. The highest BCUT2D eigenvalue weighted by molar-refractivity contribution is 5.66. The number of likely N-dealkylation sites (N-methyl/N-ethyl adjacent to an activating group) is 1. The minimum atomic E-state index is -1.00. The number of carbonyl (C=O) groups is 1. The van der Waals surface area contributed by atoms with Crippen molar-refractivity contribution < 1.29 is 29.2 Å². The van der Waals surface area contributed by atoms with Crippen LogP contribution in [0.2, 0.25) is 0 Å². The molecule has 1 amide bonds. The molecule has 13 nitrogen and oxygen atoms in total. The van der Waals surface area contributed by atoms with Gasteiger partial charge in [-0.2, -0.15) is 15.2 Å². The molecule has 204 valence electrons. The van der Waals surface area contributed by atoms with Crippen LogP contribution in [-0.2, 0) is 22.4 Å². The number of rotatable bonds is 11. The van der Waals surface area contributed by atoms with E-state index in [4.69, 9.17) is 24.3 Å². The number of ether oxygens (including phenoxy) is 3. The predicted octanol–water partition coefficient (Wildman–Crippen LogP) is -0.318. The molecule has 1 aromatic heterocycles. The lowest BCUT2D eigenvalue weighted by Crippen LogP contribution is -2.55. The monoisotopic (exact) mass is 519 g/mol. The number of fused-ring (bicyclic) bond motifs is 1. The van der Waals surface area contributed by atoms with Gasteiger partial charge >= 0.3 is 12.1 Å². The third-order valence-corrected chi connectivity index (χ3v) is 7.12. The van der Waals surface area contributed by atoms with Gasteiger partial charge < -0.3 is 39.5 Å². The molecule has 2 saturated heterocycles. The van der Waals surface area contributed by atoms with Gasteiger partial charge in [0, 0.05) is 44.3 Å². The second-order valence-corrected chi connectivity index (χ2v) is 9.59. The minimum Gasteiger partial charge on any atom is -0.465 e. The summed E-state index contributed by atoms with van der Waals surface area (Å²) in [6.45, 7) is 5.14. The summed E-state index contributed by atoms with van der Waals surface area (Å²) in [6, 6.07) is 2.17. The van der Waals surface area contributed by atoms with Crippen LogP contribution in [-0.4, -0.2) is 127 Å². The number of hydrogen-bond acceptors (Lipinski definition) is 11. The Morgan fingerprint density at radius 2 is 2.08 bits per heavy atom. The minimum absolute atomic E-state index is 0.00705. The molecule has 0 saturated carbocycles. The molecule has 3 N–H and O–H groups in total. The highest BCUT2D eigenvalue weighted by Crippen LogP contribution is 2.29. The van der Waals surface area contributed by atoms with Crippen LogP contribution in [0, 0.1) is 11.3 Å². The molecule has 3 atom stereocenters. The van der Waals surface area contributed by atoms with Crippen molar-refractivity contribution in [2.24, 2.45) is 0 Å². The van der Waals surface area contributed by atoms with E-state index in [9.17, 15) is 15.2 Å². The second-order valence-electron chi connectivity index (χ2n) is 9.59. The molecule has 1 aromatic rings. The highest BCUT2D eigenvalue weighted by atomic mass is 16.5. The number of piperazine rings is 1. The number of aromatic nitrogens is 2. The Labute approximate surface area is 216 Å². The molecule has 0 bridgehead atoms. The van der Waals surface area contributed by atoms with Gasteiger partial charge in [-0.05, 0) is 26.4 Å². The van der Waals surface area contributed by atoms with Crippen LogP contribution < -0.4 is 15.0 Å². The predicted molar refractivity (Wildman–Crippen MR) is 133 cm³/mol. The molecular formula is C24H37N7O6. The maximum Gasteiger partial charge on any atom is 0.407 e. The van der Waals surface area contributed by atoms with E-state index in [0.717, 1.165) is 43.0 Å². The summed E-state index contributed by atoms with van der Waals surface area (Å²) >= 11 is 0. The normalized spacial score (nSPS) is 24.1. The first-order valence-electron chi connectivity index (χ1n) is 12.8. The van der Waals surface area contributed by atoms with Crippen molar-refractivity contribution >= 4 is 11.9 Å². The van der Waals surface area contributed by atoms with Crippen LogP contribution >= 0.6 is 0 Å². The zero-order valence-corrected chi connectivity index (χ0v) is 21.3. The molecule has 3 aliphatic rings. The summed E-state index contributed by atoms with van der Waals surface area (Å²) < 4.78 is 17.3. The topological polar surface area (TPSA) is 157 Å². The van der Waals surface area contributed by atoms with E-state index in [1.165, 1.54) is 4.90 Å². The number of carboxylic acid groups (broad SMARTS) is 1. The number of nitrogens with one attached hydrogen (secondary N) is 1. The van der Waals surface area contributed by atoms with Gasteiger partial charge in [-0.15, -0.1) is 0 Å². The average Bonchev–Trinajstić information content (AvgIpc) is 3.25. The maximum atomic E-state index is 11.6. The van der Waals surface area contributed by atoms with Crippen molar-refractivity contribution in [3.63, 3.8) is 0 Å². The van der Waals surface area contributed by atoms with Crippen molar-refractivity contribution in [1.82, 2.24) is 25.1 Å². The molecule has 0 radical (unpaired) electrons. The molecule has 4 heterocycles. The maximum absolute atomic E-state index is 11.6. The largest absolute Gasteiger partial charge is 0.465 e. The fraction of sp³-hybridized carbons (Fsp3) is 0.750. The quantitative estimate of drug-likeness (QED) is 0.328. The summed E-state index contributed by atoms with van der Waals surface area (Å²) in [7, 11) is 2.04. The first kappa shape index (κ1) is 27.3. The Morgan fingerprint density at radius 1 is 1.22 bits per heavy atom.